The molecule has 3 heteroatoms. The number of carbonyl (C=O) groups is 1. The van der Waals surface area contributed by atoms with E-state index in [4.69, 9.17) is 5.73 Å². The van der Waals surface area contributed by atoms with Crippen molar-refractivity contribution in [3.05, 3.63) is 29.3 Å². The van der Waals surface area contributed by atoms with Gasteiger partial charge in [-0.05, 0) is 31.4 Å². The highest BCUT2D eigenvalue weighted by atomic mass is 16.2. The van der Waals surface area contributed by atoms with Crippen molar-refractivity contribution >= 4 is 11.6 Å². The molecule has 16 heavy (non-hydrogen) atoms. The number of nitrogens with zero attached hydrogens (tertiary/aromatic N) is 1. The summed E-state index contributed by atoms with van der Waals surface area (Å²) in [6.07, 6.45) is 0.930. The minimum atomic E-state index is -0.0146. The molecule has 0 saturated carbocycles. The normalized spacial score (nSPS) is 10.2. The Kier molecular flexibility index (Phi) is 4.50. The van der Waals surface area contributed by atoms with Crippen molar-refractivity contribution in [3.63, 3.8) is 0 Å². The molecule has 0 aromatic heterocycles. The predicted molar refractivity (Wildman–Crippen MR) is 67.6 cm³/mol. The summed E-state index contributed by atoms with van der Waals surface area (Å²) in [5.41, 5.74) is 8.70. The Balaban J connectivity index is 3.15. The van der Waals surface area contributed by atoms with Crippen molar-refractivity contribution in [1.82, 2.24) is 0 Å². The van der Waals surface area contributed by atoms with Gasteiger partial charge < -0.3 is 10.6 Å². The van der Waals surface area contributed by atoms with Gasteiger partial charge in [-0.25, -0.2) is 0 Å². The standard InChI is InChI=1S/C13H20N2O/c1-4-8-15(12(16)9-14)13-10(2)6-5-7-11(13)3/h5-7H,4,8-9,14H2,1-3H3. The second-order valence-electron chi connectivity index (χ2n) is 3.99. The Labute approximate surface area is 97.2 Å². The van der Waals surface area contributed by atoms with Gasteiger partial charge in [0.2, 0.25) is 5.91 Å². The number of hydrogen-bond acceptors (Lipinski definition) is 2. The van der Waals surface area contributed by atoms with Crippen LogP contribution in [0.25, 0.3) is 0 Å². The van der Waals surface area contributed by atoms with Gasteiger partial charge in [0, 0.05) is 12.2 Å². The summed E-state index contributed by atoms with van der Waals surface area (Å²) in [5, 5.41) is 0. The minimum absolute atomic E-state index is 0.0146. The number of nitrogens with two attached hydrogens (primary N) is 1. The number of carbonyl (C=O) groups excluding carboxylic acids is 1. The molecule has 0 aliphatic rings. The molecule has 88 valence electrons. The Morgan fingerprint density at radius 2 is 1.88 bits per heavy atom. The summed E-state index contributed by atoms with van der Waals surface area (Å²) < 4.78 is 0. The molecule has 1 rings (SSSR count). The number of para-hydroxylation sites is 1. The van der Waals surface area contributed by atoms with Crippen molar-refractivity contribution in [3.8, 4) is 0 Å². The highest BCUT2D eigenvalue weighted by Gasteiger charge is 2.16. The lowest BCUT2D eigenvalue weighted by molar-refractivity contribution is -0.117. The summed E-state index contributed by atoms with van der Waals surface area (Å²) >= 11 is 0. The number of benzene rings is 1. The first kappa shape index (κ1) is 12.7. The molecule has 0 heterocycles. The first-order valence-electron chi connectivity index (χ1n) is 5.68. The van der Waals surface area contributed by atoms with Gasteiger partial charge in [-0.1, -0.05) is 25.1 Å². The van der Waals surface area contributed by atoms with E-state index in [1.807, 2.05) is 32.0 Å². The average molecular weight is 220 g/mol. The monoisotopic (exact) mass is 220 g/mol. The zero-order valence-corrected chi connectivity index (χ0v) is 10.3. The zero-order chi connectivity index (χ0) is 12.1. The highest BCUT2D eigenvalue weighted by molar-refractivity contribution is 5.96. The van der Waals surface area contributed by atoms with E-state index < -0.39 is 0 Å². The van der Waals surface area contributed by atoms with E-state index in [1.165, 1.54) is 0 Å². The van der Waals surface area contributed by atoms with Crippen LogP contribution in [0.15, 0.2) is 18.2 Å². The van der Waals surface area contributed by atoms with Crippen LogP contribution in [0.5, 0.6) is 0 Å². The second kappa shape index (κ2) is 5.66. The fraction of sp³-hybridized carbons (Fsp3) is 0.462. The Morgan fingerprint density at radius 1 is 1.31 bits per heavy atom. The molecule has 2 N–H and O–H groups in total. The summed E-state index contributed by atoms with van der Waals surface area (Å²) in [4.78, 5) is 13.6. The highest BCUT2D eigenvalue weighted by Crippen LogP contribution is 2.24. The molecule has 3 nitrogen and oxygen atoms in total. The van der Waals surface area contributed by atoms with Gasteiger partial charge in [-0.2, -0.15) is 0 Å². The molecule has 0 aliphatic heterocycles. The largest absolute Gasteiger partial charge is 0.322 e. The van der Waals surface area contributed by atoms with E-state index in [-0.39, 0.29) is 12.5 Å². The molecule has 0 saturated heterocycles. The number of anilines is 1. The van der Waals surface area contributed by atoms with E-state index >= 15 is 0 Å². The third-order valence-corrected chi connectivity index (χ3v) is 2.63. The van der Waals surface area contributed by atoms with Gasteiger partial charge in [0.05, 0.1) is 6.54 Å². The van der Waals surface area contributed by atoms with Crippen molar-refractivity contribution < 1.29 is 4.79 Å². The maximum atomic E-state index is 11.8. The number of amides is 1. The van der Waals surface area contributed by atoms with Crippen LogP contribution in [-0.2, 0) is 4.79 Å². The smallest absolute Gasteiger partial charge is 0.240 e. The van der Waals surface area contributed by atoms with E-state index in [0.717, 1.165) is 29.8 Å². The van der Waals surface area contributed by atoms with E-state index in [1.54, 1.807) is 4.90 Å². The van der Waals surface area contributed by atoms with E-state index in [0.29, 0.717) is 0 Å². The lowest BCUT2D eigenvalue weighted by atomic mass is 10.1. The molecule has 0 unspecified atom stereocenters. The molecule has 1 aromatic carbocycles. The number of rotatable bonds is 4. The molecule has 0 radical (unpaired) electrons. The summed E-state index contributed by atoms with van der Waals surface area (Å²) in [7, 11) is 0. The van der Waals surface area contributed by atoms with Gasteiger partial charge in [0.1, 0.15) is 0 Å². The van der Waals surface area contributed by atoms with Crippen LogP contribution in [0, 0.1) is 13.8 Å². The van der Waals surface area contributed by atoms with Crippen LogP contribution in [-0.4, -0.2) is 19.0 Å². The van der Waals surface area contributed by atoms with E-state index in [2.05, 4.69) is 6.92 Å². The molecule has 1 aromatic rings. The molecular formula is C13H20N2O. The predicted octanol–water partition coefficient (Wildman–Crippen LogP) is 2.01. The lowest BCUT2D eigenvalue weighted by Crippen LogP contribution is -2.37. The minimum Gasteiger partial charge on any atom is -0.322 e. The molecule has 0 spiro atoms. The molecule has 1 amide bonds. The van der Waals surface area contributed by atoms with Crippen LogP contribution in [0.1, 0.15) is 24.5 Å². The first-order valence-corrected chi connectivity index (χ1v) is 5.68. The van der Waals surface area contributed by atoms with Crippen LogP contribution < -0.4 is 10.6 Å². The fourth-order valence-corrected chi connectivity index (χ4v) is 1.93. The number of hydrogen-bond donors (Lipinski definition) is 1. The zero-order valence-electron chi connectivity index (χ0n) is 10.3. The summed E-state index contributed by atoms with van der Waals surface area (Å²) in [5.74, 6) is -0.0146. The molecular weight excluding hydrogens is 200 g/mol. The Morgan fingerprint density at radius 3 is 2.31 bits per heavy atom. The van der Waals surface area contributed by atoms with E-state index in [9.17, 15) is 4.79 Å². The summed E-state index contributed by atoms with van der Waals surface area (Å²) in [6, 6.07) is 6.05. The van der Waals surface area contributed by atoms with Crippen molar-refractivity contribution in [2.75, 3.05) is 18.0 Å². The van der Waals surface area contributed by atoms with Gasteiger partial charge in [0.15, 0.2) is 0 Å². The molecule has 0 fully saturated rings. The molecule has 0 atom stereocenters. The maximum Gasteiger partial charge on any atom is 0.240 e. The van der Waals surface area contributed by atoms with Crippen LogP contribution >= 0.6 is 0 Å². The quantitative estimate of drug-likeness (QED) is 0.843. The lowest BCUT2D eigenvalue weighted by Gasteiger charge is -2.25. The average Bonchev–Trinajstić information content (AvgIpc) is 2.26. The van der Waals surface area contributed by atoms with Crippen LogP contribution in [0.3, 0.4) is 0 Å². The summed E-state index contributed by atoms with van der Waals surface area (Å²) in [6.45, 7) is 6.89. The van der Waals surface area contributed by atoms with Gasteiger partial charge >= 0.3 is 0 Å². The molecule has 0 bridgehead atoms. The Hall–Kier alpha value is -1.35. The van der Waals surface area contributed by atoms with Crippen molar-refractivity contribution in [2.45, 2.75) is 27.2 Å². The SMILES string of the molecule is CCCN(C(=O)CN)c1c(C)cccc1C. The Bertz CT molecular complexity index is 354. The first-order chi connectivity index (χ1) is 7.61. The number of aryl methyl sites for hydroxylation is 2. The van der Waals surface area contributed by atoms with Crippen molar-refractivity contribution in [1.29, 1.82) is 0 Å². The van der Waals surface area contributed by atoms with Gasteiger partial charge in [-0.15, -0.1) is 0 Å². The van der Waals surface area contributed by atoms with Crippen LogP contribution in [0.4, 0.5) is 5.69 Å². The second-order valence-corrected chi connectivity index (χ2v) is 3.99. The maximum absolute atomic E-state index is 11.8. The van der Waals surface area contributed by atoms with Crippen molar-refractivity contribution in [2.24, 2.45) is 5.73 Å². The van der Waals surface area contributed by atoms with Crippen LogP contribution in [0.2, 0.25) is 0 Å². The van der Waals surface area contributed by atoms with Gasteiger partial charge in [0.25, 0.3) is 0 Å². The molecule has 0 aliphatic carbocycles. The third-order valence-electron chi connectivity index (χ3n) is 2.63. The van der Waals surface area contributed by atoms with Gasteiger partial charge in [-0.3, -0.25) is 4.79 Å². The third kappa shape index (κ3) is 2.61. The topological polar surface area (TPSA) is 46.3 Å². The fourth-order valence-electron chi connectivity index (χ4n) is 1.93.